The van der Waals surface area contributed by atoms with Gasteiger partial charge in [-0.3, -0.25) is 0 Å². The van der Waals surface area contributed by atoms with Crippen molar-refractivity contribution in [3.8, 4) is 0 Å². The van der Waals surface area contributed by atoms with E-state index >= 15 is 0 Å². The molecule has 7 heteroatoms. The molecule has 1 aromatic heterocycles. The van der Waals surface area contributed by atoms with E-state index in [1.54, 1.807) is 12.3 Å². The molecule has 120 valence electrons. The first-order valence-electron chi connectivity index (χ1n) is 7.38. The van der Waals surface area contributed by atoms with Gasteiger partial charge >= 0.3 is 7.12 Å². The van der Waals surface area contributed by atoms with Crippen LogP contribution in [0.1, 0.15) is 33.3 Å². The molecule has 2 heterocycles. The van der Waals surface area contributed by atoms with Crippen molar-refractivity contribution in [2.75, 3.05) is 25.1 Å². The second kappa shape index (κ2) is 5.91. The highest BCUT2D eigenvalue weighted by molar-refractivity contribution is 6.55. The second-order valence-electron chi connectivity index (χ2n) is 6.58. The summed E-state index contributed by atoms with van der Waals surface area (Å²) in [5, 5.41) is 3.14. The van der Waals surface area contributed by atoms with Crippen molar-refractivity contribution < 1.29 is 9.31 Å². The molecule has 1 aromatic rings. The molecule has 0 aliphatic carbocycles. The molecule has 0 atom stereocenters. The SMILES string of the molecule is CNCC(=Cc1cnc(N)c(N)c1)B1OC(C)(C)C(C)(C)O1. The smallest absolute Gasteiger partial charge is 0.400 e. The van der Waals surface area contributed by atoms with Crippen LogP contribution in [0.4, 0.5) is 11.5 Å². The molecule has 0 bridgehead atoms. The molecule has 6 nitrogen and oxygen atoms in total. The normalized spacial score (nSPS) is 20.4. The average molecular weight is 304 g/mol. The van der Waals surface area contributed by atoms with Gasteiger partial charge in [-0.2, -0.15) is 0 Å². The Balaban J connectivity index is 2.31. The highest BCUT2D eigenvalue weighted by Gasteiger charge is 2.52. The van der Waals surface area contributed by atoms with Gasteiger partial charge in [-0.15, -0.1) is 0 Å². The molecule has 0 aromatic carbocycles. The number of hydrogen-bond donors (Lipinski definition) is 3. The van der Waals surface area contributed by atoms with Crippen molar-refractivity contribution in [2.45, 2.75) is 38.9 Å². The summed E-state index contributed by atoms with van der Waals surface area (Å²) in [6, 6.07) is 1.79. The van der Waals surface area contributed by atoms with Crippen LogP contribution in [0, 0.1) is 0 Å². The van der Waals surface area contributed by atoms with Crippen LogP contribution in [0.2, 0.25) is 0 Å². The summed E-state index contributed by atoms with van der Waals surface area (Å²) < 4.78 is 12.2. The van der Waals surface area contributed by atoms with Gasteiger partial charge in [0.25, 0.3) is 0 Å². The Morgan fingerprint density at radius 3 is 2.36 bits per heavy atom. The Labute approximate surface area is 132 Å². The molecule has 0 spiro atoms. The fourth-order valence-corrected chi connectivity index (χ4v) is 2.20. The van der Waals surface area contributed by atoms with Crippen LogP contribution in [0.5, 0.6) is 0 Å². The van der Waals surface area contributed by atoms with E-state index in [1.807, 2.05) is 40.8 Å². The number of likely N-dealkylation sites (N-methyl/N-ethyl adjacent to an activating group) is 1. The Morgan fingerprint density at radius 2 is 1.86 bits per heavy atom. The van der Waals surface area contributed by atoms with Crippen LogP contribution < -0.4 is 16.8 Å². The van der Waals surface area contributed by atoms with Crippen LogP contribution in [-0.4, -0.2) is 36.9 Å². The predicted molar refractivity (Wildman–Crippen MR) is 91.0 cm³/mol. The largest absolute Gasteiger partial charge is 0.491 e. The summed E-state index contributed by atoms with van der Waals surface area (Å²) in [6.07, 6.45) is 3.66. The number of pyridine rings is 1. The first-order chi connectivity index (χ1) is 10.2. The number of nitrogens with two attached hydrogens (primary N) is 2. The Morgan fingerprint density at radius 1 is 1.27 bits per heavy atom. The lowest BCUT2D eigenvalue weighted by Crippen LogP contribution is -2.41. The number of anilines is 2. The predicted octanol–water partition coefficient (Wildman–Crippen LogP) is 1.48. The third kappa shape index (κ3) is 3.26. The lowest BCUT2D eigenvalue weighted by molar-refractivity contribution is 0.00578. The molecule has 2 rings (SSSR count). The van der Waals surface area contributed by atoms with Gasteiger partial charge in [-0.1, -0.05) is 6.08 Å². The summed E-state index contributed by atoms with van der Waals surface area (Å²) in [7, 11) is 1.48. The van der Waals surface area contributed by atoms with E-state index in [-0.39, 0.29) is 11.2 Å². The zero-order chi connectivity index (χ0) is 16.5. The monoisotopic (exact) mass is 304 g/mol. The maximum Gasteiger partial charge on any atom is 0.491 e. The molecule has 1 saturated heterocycles. The zero-order valence-electron chi connectivity index (χ0n) is 13.9. The van der Waals surface area contributed by atoms with Crippen molar-refractivity contribution in [3.05, 3.63) is 23.3 Å². The topological polar surface area (TPSA) is 95.4 Å². The standard InChI is InChI=1S/C15H25BN4O2/c1-14(2)15(3,4)22-16(21-14)11(9-19-5)6-10-7-12(17)13(18)20-8-10/h6-8,19H,9,17H2,1-5H3,(H2,18,20). The van der Waals surface area contributed by atoms with Crippen LogP contribution in [0.3, 0.4) is 0 Å². The van der Waals surface area contributed by atoms with E-state index in [2.05, 4.69) is 10.3 Å². The first kappa shape index (κ1) is 16.8. The van der Waals surface area contributed by atoms with Crippen LogP contribution >= 0.6 is 0 Å². The van der Waals surface area contributed by atoms with Gasteiger partial charge in [0.15, 0.2) is 0 Å². The molecule has 0 radical (unpaired) electrons. The van der Waals surface area contributed by atoms with E-state index in [4.69, 9.17) is 20.8 Å². The molecular weight excluding hydrogens is 279 g/mol. The van der Waals surface area contributed by atoms with Crippen LogP contribution in [0.25, 0.3) is 6.08 Å². The van der Waals surface area contributed by atoms with Crippen molar-refractivity contribution in [2.24, 2.45) is 0 Å². The minimum absolute atomic E-state index is 0.336. The Bertz CT molecular complexity index is 571. The number of aromatic nitrogens is 1. The van der Waals surface area contributed by atoms with Crippen molar-refractivity contribution in [1.82, 2.24) is 10.3 Å². The highest BCUT2D eigenvalue weighted by Crippen LogP contribution is 2.38. The lowest BCUT2D eigenvalue weighted by Gasteiger charge is -2.32. The summed E-state index contributed by atoms with van der Waals surface area (Å²) in [4.78, 5) is 4.08. The maximum atomic E-state index is 6.10. The van der Waals surface area contributed by atoms with Gasteiger partial charge in [0.1, 0.15) is 5.82 Å². The quantitative estimate of drug-likeness (QED) is 0.729. The van der Waals surface area contributed by atoms with E-state index in [9.17, 15) is 0 Å². The molecule has 0 amide bonds. The fourth-order valence-electron chi connectivity index (χ4n) is 2.20. The molecule has 5 N–H and O–H groups in total. The highest BCUT2D eigenvalue weighted by atomic mass is 16.7. The average Bonchev–Trinajstić information content (AvgIpc) is 2.62. The van der Waals surface area contributed by atoms with E-state index in [0.717, 1.165) is 11.0 Å². The van der Waals surface area contributed by atoms with Gasteiger partial charge in [0.05, 0.1) is 16.9 Å². The number of nitrogens with one attached hydrogen (secondary N) is 1. The van der Waals surface area contributed by atoms with Crippen molar-refractivity contribution in [3.63, 3.8) is 0 Å². The number of rotatable bonds is 4. The maximum absolute atomic E-state index is 6.10. The minimum atomic E-state index is -0.406. The second-order valence-corrected chi connectivity index (χ2v) is 6.58. The van der Waals surface area contributed by atoms with Gasteiger partial charge in [0, 0.05) is 12.7 Å². The fraction of sp³-hybridized carbons (Fsp3) is 0.533. The van der Waals surface area contributed by atoms with E-state index in [1.165, 1.54) is 0 Å². The summed E-state index contributed by atoms with van der Waals surface area (Å²) in [6.45, 7) is 8.78. The van der Waals surface area contributed by atoms with Gasteiger partial charge < -0.3 is 26.1 Å². The Kier molecular flexibility index (Phi) is 4.51. The van der Waals surface area contributed by atoms with Gasteiger partial charge in [-0.25, -0.2) is 4.98 Å². The number of nitrogens with zero attached hydrogens (tertiary/aromatic N) is 1. The van der Waals surface area contributed by atoms with E-state index in [0.29, 0.717) is 18.1 Å². The van der Waals surface area contributed by atoms with Crippen molar-refractivity contribution in [1.29, 1.82) is 0 Å². The Hall–Kier alpha value is -1.57. The minimum Gasteiger partial charge on any atom is -0.400 e. The zero-order valence-corrected chi connectivity index (χ0v) is 13.9. The molecule has 1 aliphatic rings. The van der Waals surface area contributed by atoms with Gasteiger partial charge in [-0.05, 0) is 51.8 Å². The molecule has 1 fully saturated rings. The molecule has 22 heavy (non-hydrogen) atoms. The van der Waals surface area contributed by atoms with Crippen LogP contribution in [0.15, 0.2) is 17.7 Å². The molecule has 1 aliphatic heterocycles. The van der Waals surface area contributed by atoms with Crippen molar-refractivity contribution >= 4 is 24.7 Å². The van der Waals surface area contributed by atoms with E-state index < -0.39 is 7.12 Å². The third-order valence-corrected chi connectivity index (χ3v) is 4.26. The van der Waals surface area contributed by atoms with Gasteiger partial charge in [0.2, 0.25) is 0 Å². The first-order valence-corrected chi connectivity index (χ1v) is 7.38. The lowest BCUT2D eigenvalue weighted by atomic mass is 9.77. The summed E-state index contributed by atoms with van der Waals surface area (Å²) in [5.74, 6) is 0.336. The molecule has 0 unspecified atom stereocenters. The number of hydrogen-bond acceptors (Lipinski definition) is 6. The number of nitrogen functional groups attached to an aromatic ring is 2. The molecule has 0 saturated carbocycles. The molecular formula is C15H25BN4O2. The summed E-state index contributed by atoms with van der Waals surface area (Å²) in [5.41, 5.74) is 13.0. The third-order valence-electron chi connectivity index (χ3n) is 4.26. The summed E-state index contributed by atoms with van der Waals surface area (Å²) >= 11 is 0. The van der Waals surface area contributed by atoms with Crippen LogP contribution in [-0.2, 0) is 9.31 Å².